The van der Waals surface area contributed by atoms with E-state index in [0.717, 1.165) is 11.3 Å². The number of hydrogen-bond donors (Lipinski definition) is 1. The number of para-hydroxylation sites is 1. The van der Waals surface area contributed by atoms with E-state index in [9.17, 15) is 14.9 Å². The minimum Gasteiger partial charge on any atom is -0.319 e. The highest BCUT2D eigenvalue weighted by Gasteiger charge is 2.22. The monoisotopic (exact) mass is 384 g/mol. The van der Waals surface area contributed by atoms with Crippen LogP contribution in [0.3, 0.4) is 0 Å². The summed E-state index contributed by atoms with van der Waals surface area (Å²) in [6.07, 6.45) is 0. The van der Waals surface area contributed by atoms with E-state index < -0.39 is 10.8 Å². The van der Waals surface area contributed by atoms with Crippen molar-refractivity contribution in [1.82, 2.24) is 9.78 Å². The standard InChI is InChI=1S/C19H17ClN4O3/c1-12-18(21-19(25)15-8-4-6-10-17(15)24(26)27)13(2)23(22-12)11-14-7-3-5-9-16(14)20/h3-10H,11H2,1-2H3,(H,21,25). The first-order chi connectivity index (χ1) is 12.9. The lowest BCUT2D eigenvalue weighted by Gasteiger charge is -2.08. The lowest BCUT2D eigenvalue weighted by atomic mass is 10.1. The van der Waals surface area contributed by atoms with E-state index >= 15 is 0 Å². The number of rotatable bonds is 5. The number of amides is 1. The molecule has 0 spiro atoms. The zero-order valence-electron chi connectivity index (χ0n) is 14.8. The molecular weight excluding hydrogens is 368 g/mol. The Bertz CT molecular complexity index is 1030. The van der Waals surface area contributed by atoms with Gasteiger partial charge in [-0.3, -0.25) is 19.6 Å². The van der Waals surface area contributed by atoms with Crippen molar-refractivity contribution in [3.05, 3.63) is 86.2 Å². The first kappa shape index (κ1) is 18.6. The van der Waals surface area contributed by atoms with Gasteiger partial charge in [0.1, 0.15) is 5.56 Å². The number of carbonyl (C=O) groups is 1. The summed E-state index contributed by atoms with van der Waals surface area (Å²) in [5, 5.41) is 19.0. The van der Waals surface area contributed by atoms with Crippen LogP contribution in [-0.2, 0) is 6.54 Å². The van der Waals surface area contributed by atoms with Gasteiger partial charge in [-0.15, -0.1) is 0 Å². The summed E-state index contributed by atoms with van der Waals surface area (Å²) in [7, 11) is 0. The van der Waals surface area contributed by atoms with Gasteiger partial charge in [-0.2, -0.15) is 5.10 Å². The number of nitrogens with zero attached hydrogens (tertiary/aromatic N) is 3. The molecule has 0 bridgehead atoms. The van der Waals surface area contributed by atoms with E-state index in [1.165, 1.54) is 18.2 Å². The number of anilines is 1. The van der Waals surface area contributed by atoms with E-state index in [2.05, 4.69) is 10.4 Å². The maximum Gasteiger partial charge on any atom is 0.282 e. The number of nitrogens with one attached hydrogen (secondary N) is 1. The largest absolute Gasteiger partial charge is 0.319 e. The van der Waals surface area contributed by atoms with Gasteiger partial charge >= 0.3 is 0 Å². The van der Waals surface area contributed by atoms with Gasteiger partial charge < -0.3 is 5.32 Å². The summed E-state index contributed by atoms with van der Waals surface area (Å²) < 4.78 is 1.74. The molecule has 3 aromatic rings. The molecule has 3 rings (SSSR count). The number of halogens is 1. The van der Waals surface area contributed by atoms with Gasteiger partial charge in [0.2, 0.25) is 0 Å². The smallest absolute Gasteiger partial charge is 0.282 e. The number of carbonyl (C=O) groups excluding carboxylic acids is 1. The van der Waals surface area contributed by atoms with E-state index in [0.29, 0.717) is 22.9 Å². The fourth-order valence-electron chi connectivity index (χ4n) is 2.83. The van der Waals surface area contributed by atoms with Crippen LogP contribution in [0.25, 0.3) is 0 Å². The van der Waals surface area contributed by atoms with Gasteiger partial charge in [0, 0.05) is 11.1 Å². The number of aromatic nitrogens is 2. The highest BCUT2D eigenvalue weighted by molar-refractivity contribution is 6.31. The summed E-state index contributed by atoms with van der Waals surface area (Å²) in [6, 6.07) is 13.3. The van der Waals surface area contributed by atoms with Crippen molar-refractivity contribution < 1.29 is 9.72 Å². The van der Waals surface area contributed by atoms with Gasteiger partial charge in [0.25, 0.3) is 11.6 Å². The van der Waals surface area contributed by atoms with Crippen LogP contribution in [0, 0.1) is 24.0 Å². The third-order valence-corrected chi connectivity index (χ3v) is 4.61. The summed E-state index contributed by atoms with van der Waals surface area (Å²) in [6.45, 7) is 4.05. The molecule has 0 radical (unpaired) electrons. The van der Waals surface area contributed by atoms with Crippen LogP contribution in [0.1, 0.15) is 27.3 Å². The second kappa shape index (κ2) is 7.59. The van der Waals surface area contributed by atoms with E-state index in [1.807, 2.05) is 25.1 Å². The van der Waals surface area contributed by atoms with Crippen LogP contribution >= 0.6 is 11.6 Å². The number of aryl methyl sites for hydroxylation is 1. The Kier molecular flexibility index (Phi) is 5.23. The zero-order chi connectivity index (χ0) is 19.6. The Morgan fingerprint density at radius 3 is 2.56 bits per heavy atom. The Morgan fingerprint density at radius 2 is 1.85 bits per heavy atom. The lowest BCUT2D eigenvalue weighted by molar-refractivity contribution is -0.385. The van der Waals surface area contributed by atoms with Crippen LogP contribution in [0.2, 0.25) is 5.02 Å². The molecular formula is C19H17ClN4O3. The van der Waals surface area contributed by atoms with Crippen LogP contribution in [0.15, 0.2) is 48.5 Å². The Labute approximate surface area is 160 Å². The Balaban J connectivity index is 1.89. The van der Waals surface area contributed by atoms with Crippen LogP contribution in [0.4, 0.5) is 11.4 Å². The van der Waals surface area contributed by atoms with Gasteiger partial charge in [0.15, 0.2) is 0 Å². The maximum absolute atomic E-state index is 12.6. The fraction of sp³-hybridized carbons (Fsp3) is 0.158. The summed E-state index contributed by atoms with van der Waals surface area (Å²) in [5.41, 5.74) is 2.55. The highest BCUT2D eigenvalue weighted by Crippen LogP contribution is 2.25. The topological polar surface area (TPSA) is 90.1 Å². The summed E-state index contributed by atoms with van der Waals surface area (Å²) >= 11 is 6.21. The van der Waals surface area contributed by atoms with E-state index in [-0.39, 0.29) is 11.3 Å². The quantitative estimate of drug-likeness (QED) is 0.522. The molecule has 0 atom stereocenters. The molecule has 1 aromatic heterocycles. The highest BCUT2D eigenvalue weighted by atomic mass is 35.5. The molecule has 1 amide bonds. The van der Waals surface area contributed by atoms with Crippen molar-refractivity contribution in [3.63, 3.8) is 0 Å². The average Bonchev–Trinajstić information content (AvgIpc) is 2.91. The Morgan fingerprint density at radius 1 is 1.19 bits per heavy atom. The van der Waals surface area contributed by atoms with Crippen molar-refractivity contribution in [2.24, 2.45) is 0 Å². The van der Waals surface area contributed by atoms with Crippen molar-refractivity contribution in [2.75, 3.05) is 5.32 Å². The third kappa shape index (κ3) is 3.83. The number of nitro benzene ring substituents is 1. The molecule has 0 saturated carbocycles. The van der Waals surface area contributed by atoms with Crippen LogP contribution < -0.4 is 5.32 Å². The molecule has 0 aliphatic carbocycles. The molecule has 1 N–H and O–H groups in total. The van der Waals surface area contributed by atoms with Gasteiger partial charge in [0.05, 0.1) is 28.5 Å². The molecule has 27 heavy (non-hydrogen) atoms. The molecule has 0 aliphatic heterocycles. The van der Waals surface area contributed by atoms with Gasteiger partial charge in [-0.25, -0.2) is 0 Å². The van der Waals surface area contributed by atoms with Crippen molar-refractivity contribution in [3.8, 4) is 0 Å². The number of nitro groups is 1. The van der Waals surface area contributed by atoms with Crippen LogP contribution in [0.5, 0.6) is 0 Å². The summed E-state index contributed by atoms with van der Waals surface area (Å²) in [4.78, 5) is 23.2. The predicted octanol–water partition coefficient (Wildman–Crippen LogP) is 4.36. The minimum absolute atomic E-state index is 0.000142. The van der Waals surface area contributed by atoms with Crippen molar-refractivity contribution in [2.45, 2.75) is 20.4 Å². The van der Waals surface area contributed by atoms with Crippen molar-refractivity contribution >= 4 is 28.9 Å². The minimum atomic E-state index is -0.574. The first-order valence-electron chi connectivity index (χ1n) is 8.20. The molecule has 138 valence electrons. The molecule has 8 heteroatoms. The SMILES string of the molecule is Cc1nn(Cc2ccccc2Cl)c(C)c1NC(=O)c1ccccc1[N+](=O)[O-]. The molecule has 0 saturated heterocycles. The van der Waals surface area contributed by atoms with Crippen LogP contribution in [-0.4, -0.2) is 20.6 Å². The second-order valence-electron chi connectivity index (χ2n) is 6.02. The van der Waals surface area contributed by atoms with Gasteiger partial charge in [-0.05, 0) is 31.5 Å². The Hall–Kier alpha value is -3.19. The molecule has 2 aromatic carbocycles. The third-order valence-electron chi connectivity index (χ3n) is 4.24. The van der Waals surface area contributed by atoms with E-state index in [4.69, 9.17) is 11.6 Å². The first-order valence-corrected chi connectivity index (χ1v) is 8.58. The van der Waals surface area contributed by atoms with E-state index in [1.54, 1.807) is 23.7 Å². The molecule has 0 unspecified atom stereocenters. The maximum atomic E-state index is 12.6. The number of hydrogen-bond acceptors (Lipinski definition) is 4. The summed E-state index contributed by atoms with van der Waals surface area (Å²) in [5.74, 6) is -0.550. The molecule has 1 heterocycles. The predicted molar refractivity (Wildman–Crippen MR) is 103 cm³/mol. The normalized spacial score (nSPS) is 10.6. The fourth-order valence-corrected chi connectivity index (χ4v) is 3.02. The molecule has 0 aliphatic rings. The number of benzene rings is 2. The average molecular weight is 385 g/mol. The second-order valence-corrected chi connectivity index (χ2v) is 6.43. The lowest BCUT2D eigenvalue weighted by Crippen LogP contribution is -2.15. The molecule has 7 nitrogen and oxygen atoms in total. The van der Waals surface area contributed by atoms with Crippen molar-refractivity contribution in [1.29, 1.82) is 0 Å². The molecule has 0 fully saturated rings. The van der Waals surface area contributed by atoms with Gasteiger partial charge in [-0.1, -0.05) is 41.9 Å². The zero-order valence-corrected chi connectivity index (χ0v) is 15.5.